The van der Waals surface area contributed by atoms with Crippen molar-refractivity contribution in [2.45, 2.75) is 29.9 Å². The van der Waals surface area contributed by atoms with Crippen molar-refractivity contribution < 1.29 is 39.8 Å². The fraction of sp³-hybridized carbons (Fsp3) is 0.250. The van der Waals surface area contributed by atoms with Gasteiger partial charge in [-0.2, -0.15) is 4.31 Å². The molecule has 3 aromatic rings. The van der Waals surface area contributed by atoms with Gasteiger partial charge in [-0.1, -0.05) is 29.6 Å². The van der Waals surface area contributed by atoms with E-state index in [2.05, 4.69) is 0 Å². The third kappa shape index (κ3) is 4.31. The topological polar surface area (TPSA) is 55.8 Å². The van der Waals surface area contributed by atoms with E-state index in [1.165, 1.54) is 0 Å². The molecule has 13 heteroatoms. The molecule has 0 radical (unpaired) electrons. The van der Waals surface area contributed by atoms with Gasteiger partial charge in [-0.25, -0.2) is 30.4 Å². The molecule has 5 rings (SSSR count). The molecule has 37 heavy (non-hydrogen) atoms. The van der Waals surface area contributed by atoms with E-state index in [1.807, 2.05) is 0 Å². The van der Waals surface area contributed by atoms with Crippen LogP contribution in [0.2, 0.25) is 10.0 Å². The average molecular weight is 580 g/mol. The number of hydrogen-bond acceptors (Lipinski definition) is 4. The largest absolute Gasteiger partial charge is 0.440 e. The van der Waals surface area contributed by atoms with Crippen LogP contribution in [0.5, 0.6) is 11.5 Å². The summed E-state index contributed by atoms with van der Waals surface area (Å²) in [5, 5.41) is -0.900. The number of sulfonamides is 1. The molecule has 0 amide bonds. The van der Waals surface area contributed by atoms with Gasteiger partial charge >= 0.3 is 5.79 Å². The summed E-state index contributed by atoms with van der Waals surface area (Å²) in [5.74, 6) is -9.75. The molecule has 1 saturated heterocycles. The highest BCUT2D eigenvalue weighted by atomic mass is 35.5. The Morgan fingerprint density at radius 2 is 1.14 bits per heavy atom. The van der Waals surface area contributed by atoms with Crippen LogP contribution in [-0.4, -0.2) is 25.8 Å². The minimum absolute atomic E-state index is 0.203. The molecule has 0 N–H and O–H groups in total. The second-order valence-electron chi connectivity index (χ2n) is 8.51. The molecule has 0 atom stereocenters. The molecule has 2 heterocycles. The number of hydrogen-bond donors (Lipinski definition) is 0. The van der Waals surface area contributed by atoms with E-state index in [9.17, 15) is 26.0 Å². The predicted molar refractivity (Wildman–Crippen MR) is 124 cm³/mol. The van der Waals surface area contributed by atoms with Crippen molar-refractivity contribution in [3.63, 3.8) is 0 Å². The quantitative estimate of drug-likeness (QED) is 0.260. The number of nitrogens with zero attached hydrogens (tertiary/aromatic N) is 1. The van der Waals surface area contributed by atoms with Gasteiger partial charge in [0.15, 0.2) is 34.8 Å². The van der Waals surface area contributed by atoms with Crippen LogP contribution in [0.15, 0.2) is 41.3 Å². The minimum Gasteiger partial charge on any atom is -0.440 e. The number of piperidine rings is 1. The van der Waals surface area contributed by atoms with Gasteiger partial charge in [-0.15, -0.1) is 0 Å². The summed E-state index contributed by atoms with van der Waals surface area (Å²) in [6.07, 6.45) is 2.05. The fourth-order valence-corrected chi connectivity index (χ4v) is 6.49. The summed E-state index contributed by atoms with van der Waals surface area (Å²) >= 11 is 12.3. The van der Waals surface area contributed by atoms with Crippen LogP contribution in [0.1, 0.15) is 30.4 Å². The smallest absolute Gasteiger partial charge is 0.308 e. The molecule has 2 aliphatic heterocycles. The van der Waals surface area contributed by atoms with Gasteiger partial charge in [0.05, 0.1) is 21.2 Å². The Bertz CT molecular complexity index is 1470. The Kier molecular flexibility index (Phi) is 6.54. The lowest BCUT2D eigenvalue weighted by atomic mass is 9.96. The van der Waals surface area contributed by atoms with Crippen LogP contribution in [-0.2, 0) is 15.8 Å². The van der Waals surface area contributed by atoms with Crippen molar-refractivity contribution in [3.05, 3.63) is 86.7 Å². The Morgan fingerprint density at radius 1 is 0.676 bits per heavy atom. The highest BCUT2D eigenvalue weighted by Gasteiger charge is 2.50. The van der Waals surface area contributed by atoms with E-state index in [0.29, 0.717) is 37.1 Å². The lowest BCUT2D eigenvalue weighted by Gasteiger charge is -2.30. The summed E-state index contributed by atoms with van der Waals surface area (Å²) in [7, 11) is -4.27. The van der Waals surface area contributed by atoms with Gasteiger partial charge in [0.1, 0.15) is 10.7 Å². The summed E-state index contributed by atoms with van der Waals surface area (Å²) < 4.78 is 111. The van der Waals surface area contributed by atoms with Gasteiger partial charge in [0, 0.05) is 25.2 Å². The molecule has 0 bridgehead atoms. The zero-order valence-corrected chi connectivity index (χ0v) is 21.0. The molecule has 1 fully saturated rings. The lowest BCUT2D eigenvalue weighted by molar-refractivity contribution is -0.0463. The average Bonchev–Trinajstić information content (AvgIpc) is 3.22. The second-order valence-corrected chi connectivity index (χ2v) is 11.2. The third-order valence-corrected chi connectivity index (χ3v) is 8.71. The Labute approximate surface area is 218 Å². The van der Waals surface area contributed by atoms with E-state index in [-0.39, 0.29) is 24.6 Å². The molecule has 196 valence electrons. The predicted octanol–water partition coefficient (Wildman–Crippen LogP) is 6.54. The molecule has 2 aliphatic rings. The van der Waals surface area contributed by atoms with Gasteiger partial charge in [0.2, 0.25) is 10.0 Å². The zero-order chi connectivity index (χ0) is 26.7. The molecule has 3 aromatic carbocycles. The molecular formula is C24H16Cl2F5NO4S. The number of rotatable bonds is 4. The van der Waals surface area contributed by atoms with Crippen molar-refractivity contribution in [2.75, 3.05) is 13.1 Å². The molecule has 0 spiro atoms. The highest BCUT2D eigenvalue weighted by Crippen LogP contribution is 2.52. The number of halogens is 7. The zero-order valence-electron chi connectivity index (χ0n) is 18.6. The van der Waals surface area contributed by atoms with Crippen molar-refractivity contribution in [2.24, 2.45) is 0 Å². The SMILES string of the molecule is O=S(=O)(c1cc2c(cc1F)OC(c1cc(F)c(F)cc1Cl)(c1cc(F)c(F)cc1Cl)O2)N1CCCCC1. The van der Waals surface area contributed by atoms with Gasteiger partial charge < -0.3 is 9.47 Å². The van der Waals surface area contributed by atoms with E-state index >= 15 is 4.39 Å². The first kappa shape index (κ1) is 26.0. The molecule has 0 unspecified atom stereocenters. The van der Waals surface area contributed by atoms with Crippen LogP contribution in [0.25, 0.3) is 0 Å². The Hall–Kier alpha value is -2.60. The maximum atomic E-state index is 15.1. The normalized spacial score (nSPS) is 17.3. The first-order valence-corrected chi connectivity index (χ1v) is 13.2. The van der Waals surface area contributed by atoms with E-state index in [0.717, 1.165) is 22.9 Å². The van der Waals surface area contributed by atoms with E-state index in [1.54, 1.807) is 0 Å². The van der Waals surface area contributed by atoms with Crippen LogP contribution in [0.4, 0.5) is 22.0 Å². The van der Waals surface area contributed by atoms with Crippen molar-refractivity contribution in [1.82, 2.24) is 4.31 Å². The Morgan fingerprint density at radius 3 is 1.65 bits per heavy atom. The van der Waals surface area contributed by atoms with E-state index in [4.69, 9.17) is 32.7 Å². The molecule has 0 aliphatic carbocycles. The highest BCUT2D eigenvalue weighted by molar-refractivity contribution is 7.89. The maximum Gasteiger partial charge on any atom is 0.308 e. The summed E-state index contributed by atoms with van der Waals surface area (Å²) in [6.45, 7) is 0.407. The fourth-order valence-electron chi connectivity index (χ4n) is 4.36. The maximum absolute atomic E-state index is 15.1. The van der Waals surface area contributed by atoms with Crippen molar-refractivity contribution >= 4 is 33.2 Å². The summed E-state index contributed by atoms with van der Waals surface area (Å²) in [6, 6.07) is 4.01. The van der Waals surface area contributed by atoms with Gasteiger partial charge in [0.25, 0.3) is 0 Å². The van der Waals surface area contributed by atoms with Crippen molar-refractivity contribution in [1.29, 1.82) is 0 Å². The monoisotopic (exact) mass is 579 g/mol. The van der Waals surface area contributed by atoms with Crippen LogP contribution < -0.4 is 9.47 Å². The van der Waals surface area contributed by atoms with Gasteiger partial charge in [-0.05, 0) is 37.1 Å². The lowest BCUT2D eigenvalue weighted by Crippen LogP contribution is -2.38. The van der Waals surface area contributed by atoms with Crippen LogP contribution in [0.3, 0.4) is 0 Å². The van der Waals surface area contributed by atoms with Crippen LogP contribution in [0, 0.1) is 29.1 Å². The first-order chi connectivity index (χ1) is 17.4. The molecule has 0 aromatic heterocycles. The minimum atomic E-state index is -4.27. The summed E-state index contributed by atoms with van der Waals surface area (Å²) in [4.78, 5) is -0.708. The molecular weight excluding hydrogens is 564 g/mol. The van der Waals surface area contributed by atoms with E-state index < -0.39 is 71.0 Å². The third-order valence-electron chi connectivity index (χ3n) is 6.17. The van der Waals surface area contributed by atoms with Crippen LogP contribution >= 0.6 is 23.2 Å². The second kappa shape index (κ2) is 9.30. The first-order valence-electron chi connectivity index (χ1n) is 11.0. The Balaban J connectivity index is 1.70. The standard InChI is InChI=1S/C24H16Cl2F5NO4S/c25-14-8-18(29)16(27)6-12(14)24(13-7-17(28)19(30)9-15(13)26)35-21-10-20(31)23(11-22(21)36-24)37(33,34)32-4-2-1-3-5-32/h6-11H,1-5H2. The van der Waals surface area contributed by atoms with Crippen molar-refractivity contribution in [3.8, 4) is 11.5 Å². The summed E-state index contributed by atoms with van der Waals surface area (Å²) in [5.41, 5.74) is -0.837. The van der Waals surface area contributed by atoms with Gasteiger partial charge in [-0.3, -0.25) is 0 Å². The molecule has 5 nitrogen and oxygen atoms in total. The number of fused-ring (bicyclic) bond motifs is 1. The molecule has 0 saturated carbocycles. The number of ether oxygens (including phenoxy) is 2. The number of benzene rings is 3.